The first-order valence-electron chi connectivity index (χ1n) is 4.98. The van der Waals surface area contributed by atoms with Gasteiger partial charge in [0.2, 0.25) is 0 Å². The Balaban J connectivity index is 2.86. The van der Waals surface area contributed by atoms with Crippen LogP contribution in [0.2, 0.25) is 0 Å². The van der Waals surface area contributed by atoms with E-state index in [2.05, 4.69) is 4.98 Å². The maximum absolute atomic E-state index is 12.0. The fraction of sp³-hybridized carbons (Fsp3) is 0.182. The molecule has 6 nitrogen and oxygen atoms in total. The molecule has 1 atom stereocenters. The largest absolute Gasteiger partial charge is 0.480 e. The van der Waals surface area contributed by atoms with Gasteiger partial charge in [-0.15, -0.1) is 0 Å². The lowest BCUT2D eigenvalue weighted by Crippen LogP contribution is -2.39. The van der Waals surface area contributed by atoms with E-state index >= 15 is 0 Å². The molecular formula is C11H10N2O4. The molecule has 2 rings (SSSR count). The number of aromatic nitrogens is 2. The van der Waals surface area contributed by atoms with Crippen molar-refractivity contribution in [3.8, 4) is 0 Å². The molecule has 6 heteroatoms. The summed E-state index contributed by atoms with van der Waals surface area (Å²) in [7, 11) is 0. The number of H-pyrrole nitrogens is 1. The second-order valence-electron chi connectivity index (χ2n) is 3.67. The minimum absolute atomic E-state index is 0.292. The molecule has 1 aromatic heterocycles. The smallest absolute Gasteiger partial charge is 0.329 e. The van der Waals surface area contributed by atoms with Gasteiger partial charge in [0.25, 0.3) is 5.56 Å². The molecule has 1 aromatic carbocycles. The number of aromatic amines is 1. The van der Waals surface area contributed by atoms with E-state index in [0.29, 0.717) is 15.5 Å². The number of nitrogens with zero attached hydrogens (tertiary/aromatic N) is 1. The Morgan fingerprint density at radius 1 is 1.35 bits per heavy atom. The van der Waals surface area contributed by atoms with Gasteiger partial charge in [0.1, 0.15) is 6.04 Å². The van der Waals surface area contributed by atoms with Gasteiger partial charge in [-0.25, -0.2) is 14.2 Å². The molecule has 0 bridgehead atoms. The lowest BCUT2D eigenvalue weighted by molar-refractivity contribution is -0.140. The summed E-state index contributed by atoms with van der Waals surface area (Å²) in [6.45, 7) is 1.29. The van der Waals surface area contributed by atoms with Crippen LogP contribution < -0.4 is 11.2 Å². The van der Waals surface area contributed by atoms with Crippen LogP contribution in [0.5, 0.6) is 0 Å². The van der Waals surface area contributed by atoms with Gasteiger partial charge in [-0.2, -0.15) is 0 Å². The normalized spacial score (nSPS) is 12.5. The number of benzene rings is 1. The maximum atomic E-state index is 12.0. The number of carboxylic acids is 1. The molecule has 0 aliphatic carbocycles. The van der Waals surface area contributed by atoms with Crippen LogP contribution in [0.4, 0.5) is 0 Å². The molecule has 0 radical (unpaired) electrons. The number of rotatable bonds is 2. The summed E-state index contributed by atoms with van der Waals surface area (Å²) < 4.78 is 0.699. The number of aliphatic carboxylic acids is 1. The van der Waals surface area contributed by atoms with Gasteiger partial charge >= 0.3 is 11.7 Å². The zero-order valence-corrected chi connectivity index (χ0v) is 9.01. The molecule has 2 N–H and O–H groups in total. The summed E-state index contributed by atoms with van der Waals surface area (Å²) in [5.41, 5.74) is -0.917. The van der Waals surface area contributed by atoms with Crippen LogP contribution in [-0.4, -0.2) is 20.6 Å². The van der Waals surface area contributed by atoms with Crippen LogP contribution in [0.25, 0.3) is 10.9 Å². The van der Waals surface area contributed by atoms with Crippen molar-refractivity contribution in [3.05, 3.63) is 45.1 Å². The van der Waals surface area contributed by atoms with Crippen LogP contribution in [-0.2, 0) is 4.79 Å². The number of carbonyl (C=O) groups is 1. The Hall–Kier alpha value is -2.37. The molecule has 0 fully saturated rings. The average molecular weight is 234 g/mol. The molecule has 17 heavy (non-hydrogen) atoms. The van der Waals surface area contributed by atoms with Crippen molar-refractivity contribution in [1.29, 1.82) is 0 Å². The van der Waals surface area contributed by atoms with Crippen molar-refractivity contribution in [1.82, 2.24) is 9.55 Å². The quantitative estimate of drug-likeness (QED) is 0.783. The van der Waals surface area contributed by atoms with E-state index in [1.165, 1.54) is 6.92 Å². The third-order valence-electron chi connectivity index (χ3n) is 2.58. The zero-order valence-electron chi connectivity index (χ0n) is 9.01. The second kappa shape index (κ2) is 3.89. The van der Waals surface area contributed by atoms with Crippen LogP contribution in [0, 0.1) is 0 Å². The standard InChI is InChI=1S/C11H10N2O4/c1-6(10(15)16)13-9(14)7-4-2-3-5-8(7)12-11(13)17/h2-6H,1H3,(H,12,17)(H,15,16)/t6-/m0/s1. The maximum Gasteiger partial charge on any atom is 0.329 e. The first-order chi connectivity index (χ1) is 8.02. The summed E-state index contributed by atoms with van der Waals surface area (Å²) in [5.74, 6) is -1.23. The number of fused-ring (bicyclic) bond motifs is 1. The third kappa shape index (κ3) is 1.73. The first-order valence-corrected chi connectivity index (χ1v) is 4.98. The molecule has 1 heterocycles. The predicted octanol–water partition coefficient (Wildman–Crippen LogP) is 0.335. The molecule has 0 saturated heterocycles. The summed E-state index contributed by atoms with van der Waals surface area (Å²) in [4.78, 5) is 36.9. The Labute approximate surface area is 95.1 Å². The van der Waals surface area contributed by atoms with Gasteiger partial charge in [0, 0.05) is 0 Å². The molecule has 88 valence electrons. The van der Waals surface area contributed by atoms with E-state index in [1.807, 2.05) is 0 Å². The van der Waals surface area contributed by atoms with Crippen molar-refractivity contribution < 1.29 is 9.90 Å². The number of nitrogens with one attached hydrogen (secondary N) is 1. The molecule has 0 saturated carbocycles. The molecule has 0 unspecified atom stereocenters. The summed E-state index contributed by atoms with van der Waals surface area (Å²) in [6, 6.07) is 5.27. The van der Waals surface area contributed by atoms with E-state index in [4.69, 9.17) is 5.11 Å². The summed E-state index contributed by atoms with van der Waals surface area (Å²) in [5, 5.41) is 9.14. The zero-order chi connectivity index (χ0) is 12.6. The summed E-state index contributed by atoms with van der Waals surface area (Å²) in [6.07, 6.45) is 0. The predicted molar refractivity (Wildman–Crippen MR) is 61.2 cm³/mol. The van der Waals surface area contributed by atoms with E-state index in [-0.39, 0.29) is 0 Å². The number of carboxylic acid groups (broad SMARTS) is 1. The minimum atomic E-state index is -1.23. The van der Waals surface area contributed by atoms with Crippen molar-refractivity contribution in [2.45, 2.75) is 13.0 Å². The molecule has 0 amide bonds. The third-order valence-corrected chi connectivity index (χ3v) is 2.58. The fourth-order valence-electron chi connectivity index (χ4n) is 1.64. The highest BCUT2D eigenvalue weighted by Gasteiger charge is 2.18. The van der Waals surface area contributed by atoms with Gasteiger partial charge in [-0.3, -0.25) is 4.79 Å². The summed E-state index contributed by atoms with van der Waals surface area (Å²) >= 11 is 0. The second-order valence-corrected chi connectivity index (χ2v) is 3.67. The molecule has 0 aliphatic heterocycles. The van der Waals surface area contributed by atoms with Crippen molar-refractivity contribution in [2.24, 2.45) is 0 Å². The van der Waals surface area contributed by atoms with Gasteiger partial charge in [-0.1, -0.05) is 12.1 Å². The van der Waals surface area contributed by atoms with Gasteiger partial charge in [0.15, 0.2) is 0 Å². The monoisotopic (exact) mass is 234 g/mol. The Bertz CT molecular complexity index is 698. The molecule has 0 spiro atoms. The number of hydrogen-bond acceptors (Lipinski definition) is 3. The number of para-hydroxylation sites is 1. The molecule has 0 aliphatic rings. The topological polar surface area (TPSA) is 92.2 Å². The first kappa shape index (κ1) is 11.1. The highest BCUT2D eigenvalue weighted by atomic mass is 16.4. The van der Waals surface area contributed by atoms with Gasteiger partial charge < -0.3 is 10.1 Å². The average Bonchev–Trinajstić information content (AvgIpc) is 2.28. The van der Waals surface area contributed by atoms with Crippen molar-refractivity contribution in [3.63, 3.8) is 0 Å². The van der Waals surface area contributed by atoms with Crippen LogP contribution >= 0.6 is 0 Å². The highest BCUT2D eigenvalue weighted by Crippen LogP contribution is 2.05. The lowest BCUT2D eigenvalue weighted by Gasteiger charge is -2.09. The fourth-order valence-corrected chi connectivity index (χ4v) is 1.64. The molecular weight excluding hydrogens is 224 g/mol. The lowest BCUT2D eigenvalue weighted by atomic mass is 10.2. The van der Waals surface area contributed by atoms with Crippen LogP contribution in [0.15, 0.2) is 33.9 Å². The molecule has 2 aromatic rings. The highest BCUT2D eigenvalue weighted by molar-refractivity contribution is 5.78. The van der Waals surface area contributed by atoms with Gasteiger partial charge in [-0.05, 0) is 19.1 Å². The van der Waals surface area contributed by atoms with Crippen molar-refractivity contribution in [2.75, 3.05) is 0 Å². The SMILES string of the molecule is C[C@@H](C(=O)O)n1c(=O)[nH]c2ccccc2c1=O. The van der Waals surface area contributed by atoms with E-state index in [9.17, 15) is 14.4 Å². The number of hydrogen-bond donors (Lipinski definition) is 2. The Morgan fingerprint density at radius 3 is 2.65 bits per heavy atom. The van der Waals surface area contributed by atoms with Gasteiger partial charge in [0.05, 0.1) is 10.9 Å². The Kier molecular flexibility index (Phi) is 2.55. The van der Waals surface area contributed by atoms with Crippen LogP contribution in [0.3, 0.4) is 0 Å². The van der Waals surface area contributed by atoms with E-state index in [1.54, 1.807) is 24.3 Å². The van der Waals surface area contributed by atoms with Crippen molar-refractivity contribution >= 4 is 16.9 Å². The minimum Gasteiger partial charge on any atom is -0.480 e. The van der Waals surface area contributed by atoms with E-state index < -0.39 is 23.3 Å². The van der Waals surface area contributed by atoms with Crippen LogP contribution in [0.1, 0.15) is 13.0 Å². The van der Waals surface area contributed by atoms with E-state index in [0.717, 1.165) is 0 Å². The Morgan fingerprint density at radius 2 is 2.00 bits per heavy atom.